The molecule has 0 bridgehead atoms. The number of nitrogens with zero attached hydrogens (tertiary/aromatic N) is 1. The third-order valence-corrected chi connectivity index (χ3v) is 5.48. The molecule has 0 aliphatic heterocycles. The molecule has 8 heteroatoms. The zero-order valence-corrected chi connectivity index (χ0v) is 18.3. The lowest BCUT2D eigenvalue weighted by atomic mass is 9.93. The highest BCUT2D eigenvalue weighted by Gasteiger charge is 2.24. The number of hydrogen-bond acceptors (Lipinski definition) is 5. The second-order valence-corrected chi connectivity index (χ2v) is 8.63. The van der Waals surface area contributed by atoms with Crippen LogP contribution in [-0.2, 0) is 17.0 Å². The van der Waals surface area contributed by atoms with Gasteiger partial charge in [-0.15, -0.1) is 0 Å². The minimum absolute atomic E-state index is 0.122. The maximum absolute atomic E-state index is 14.0. The van der Waals surface area contributed by atoms with E-state index in [4.69, 9.17) is 9.47 Å². The van der Waals surface area contributed by atoms with Crippen molar-refractivity contribution >= 4 is 0 Å². The van der Waals surface area contributed by atoms with E-state index in [0.29, 0.717) is 24.9 Å². The van der Waals surface area contributed by atoms with Crippen LogP contribution in [0.4, 0.5) is 4.39 Å². The lowest BCUT2D eigenvalue weighted by Crippen LogP contribution is -2.37. The quantitative estimate of drug-likeness (QED) is 0.474. The van der Waals surface area contributed by atoms with Crippen molar-refractivity contribution in [1.29, 1.82) is 0 Å². The van der Waals surface area contributed by atoms with Crippen molar-refractivity contribution in [3.8, 4) is 5.75 Å². The van der Waals surface area contributed by atoms with Gasteiger partial charge in [-0.3, -0.25) is 14.3 Å². The third kappa shape index (κ3) is 7.33. The number of hydrogen-bond donors (Lipinski definition) is 2. The van der Waals surface area contributed by atoms with E-state index in [2.05, 4.69) is 24.1 Å². The van der Waals surface area contributed by atoms with E-state index in [1.807, 2.05) is 0 Å². The van der Waals surface area contributed by atoms with Gasteiger partial charge in [-0.25, -0.2) is 9.18 Å². The van der Waals surface area contributed by atoms with Gasteiger partial charge in [0.05, 0.1) is 6.61 Å². The fourth-order valence-corrected chi connectivity index (χ4v) is 3.21. The Labute approximate surface area is 181 Å². The fourth-order valence-electron chi connectivity index (χ4n) is 3.21. The fraction of sp³-hybridized carbons (Fsp3) is 0.565. The van der Waals surface area contributed by atoms with E-state index >= 15 is 0 Å². The van der Waals surface area contributed by atoms with Crippen LogP contribution in [0.15, 0.2) is 40.1 Å². The Morgan fingerprint density at radius 2 is 2.00 bits per heavy atom. The minimum Gasteiger partial charge on any atom is -0.490 e. The van der Waals surface area contributed by atoms with Crippen LogP contribution in [0.3, 0.4) is 0 Å². The van der Waals surface area contributed by atoms with E-state index in [-0.39, 0.29) is 18.1 Å². The summed E-state index contributed by atoms with van der Waals surface area (Å²) in [6.45, 7) is 6.23. The standard InChI is InChI=1S/C23H32FN3O4/c1-23(2,18-8-9-19(24)20(14-18)31-15-17-6-7-17)25-11-4-3-5-13-30-16-27-12-10-21(28)26-22(27)29/h8-10,12,14,17,25H,3-7,11,13,15-16H2,1-2H3,(H,26,28,29). The smallest absolute Gasteiger partial charge is 0.330 e. The van der Waals surface area contributed by atoms with Crippen molar-refractivity contribution in [3.63, 3.8) is 0 Å². The molecule has 1 aliphatic rings. The number of nitrogens with one attached hydrogen (secondary N) is 2. The van der Waals surface area contributed by atoms with Gasteiger partial charge < -0.3 is 14.8 Å². The van der Waals surface area contributed by atoms with E-state index < -0.39 is 11.2 Å². The molecule has 1 aliphatic carbocycles. The van der Waals surface area contributed by atoms with Crippen LogP contribution < -0.4 is 21.3 Å². The normalized spacial score (nSPS) is 14.0. The summed E-state index contributed by atoms with van der Waals surface area (Å²) in [7, 11) is 0. The average molecular weight is 434 g/mol. The van der Waals surface area contributed by atoms with Gasteiger partial charge in [0.2, 0.25) is 0 Å². The van der Waals surface area contributed by atoms with Crippen molar-refractivity contribution in [2.24, 2.45) is 5.92 Å². The van der Waals surface area contributed by atoms with Crippen LogP contribution in [0, 0.1) is 11.7 Å². The predicted molar refractivity (Wildman–Crippen MR) is 117 cm³/mol. The first-order chi connectivity index (χ1) is 14.8. The molecule has 0 radical (unpaired) electrons. The Hall–Kier alpha value is -2.45. The Kier molecular flexibility index (Phi) is 8.03. The first kappa shape index (κ1) is 23.2. The summed E-state index contributed by atoms with van der Waals surface area (Å²) < 4.78 is 26.5. The molecule has 2 aromatic rings. The number of benzene rings is 1. The SMILES string of the molecule is CC(C)(NCCCCCOCn1ccc(=O)[nH]c1=O)c1ccc(F)c(OCC2CC2)c1. The molecule has 1 heterocycles. The summed E-state index contributed by atoms with van der Waals surface area (Å²) in [6, 6.07) is 6.38. The van der Waals surface area contributed by atoms with Crippen LogP contribution in [-0.4, -0.2) is 29.3 Å². The van der Waals surface area contributed by atoms with E-state index in [9.17, 15) is 14.0 Å². The molecule has 170 valence electrons. The highest BCUT2D eigenvalue weighted by Crippen LogP contribution is 2.31. The highest BCUT2D eigenvalue weighted by molar-refractivity contribution is 5.34. The Morgan fingerprint density at radius 1 is 1.19 bits per heavy atom. The van der Waals surface area contributed by atoms with Crippen LogP contribution in [0.25, 0.3) is 0 Å². The van der Waals surface area contributed by atoms with Crippen LogP contribution in [0.5, 0.6) is 5.75 Å². The summed E-state index contributed by atoms with van der Waals surface area (Å²) in [4.78, 5) is 24.8. The molecular formula is C23H32FN3O4. The number of unbranched alkanes of at least 4 members (excludes halogenated alkanes) is 2. The first-order valence-electron chi connectivity index (χ1n) is 10.9. The molecule has 1 fully saturated rings. The lowest BCUT2D eigenvalue weighted by Gasteiger charge is -2.27. The molecule has 0 spiro atoms. The number of aromatic nitrogens is 2. The van der Waals surface area contributed by atoms with Crippen LogP contribution in [0.2, 0.25) is 0 Å². The Morgan fingerprint density at radius 3 is 2.74 bits per heavy atom. The third-order valence-electron chi connectivity index (χ3n) is 5.48. The summed E-state index contributed by atoms with van der Waals surface area (Å²) in [6.07, 6.45) is 6.58. The van der Waals surface area contributed by atoms with Gasteiger partial charge in [-0.05, 0) is 76.1 Å². The molecule has 1 saturated carbocycles. The second-order valence-electron chi connectivity index (χ2n) is 8.63. The average Bonchev–Trinajstić information content (AvgIpc) is 3.55. The van der Waals surface area contributed by atoms with E-state index in [1.54, 1.807) is 12.1 Å². The highest BCUT2D eigenvalue weighted by atomic mass is 19.1. The topological polar surface area (TPSA) is 85.4 Å². The number of H-pyrrole nitrogens is 1. The van der Waals surface area contributed by atoms with Crippen molar-refractivity contribution < 1.29 is 13.9 Å². The number of halogens is 1. The Balaban J connectivity index is 1.34. The van der Waals surface area contributed by atoms with Gasteiger partial charge in [-0.2, -0.15) is 0 Å². The summed E-state index contributed by atoms with van der Waals surface area (Å²) in [5.74, 6) is 0.596. The first-order valence-corrected chi connectivity index (χ1v) is 10.9. The molecule has 1 aromatic carbocycles. The maximum atomic E-state index is 14.0. The lowest BCUT2D eigenvalue weighted by molar-refractivity contribution is 0.0706. The van der Waals surface area contributed by atoms with Crippen LogP contribution >= 0.6 is 0 Å². The Bertz CT molecular complexity index is 966. The number of ether oxygens (including phenoxy) is 2. The molecule has 1 aromatic heterocycles. The zero-order valence-electron chi connectivity index (χ0n) is 18.3. The minimum atomic E-state index is -0.471. The van der Waals surface area contributed by atoms with Crippen molar-refractivity contribution in [2.45, 2.75) is 58.2 Å². The molecular weight excluding hydrogens is 401 g/mol. The molecule has 2 N–H and O–H groups in total. The second kappa shape index (κ2) is 10.7. The van der Waals surface area contributed by atoms with Gasteiger partial charge in [-0.1, -0.05) is 6.07 Å². The summed E-state index contributed by atoms with van der Waals surface area (Å²) in [5, 5.41) is 3.53. The van der Waals surface area contributed by atoms with E-state index in [0.717, 1.165) is 31.4 Å². The summed E-state index contributed by atoms with van der Waals surface area (Å²) >= 11 is 0. The molecule has 3 rings (SSSR count). The molecule has 0 unspecified atom stereocenters. The van der Waals surface area contributed by atoms with E-state index in [1.165, 1.54) is 35.7 Å². The van der Waals surface area contributed by atoms with Crippen molar-refractivity contribution in [2.75, 3.05) is 19.8 Å². The van der Waals surface area contributed by atoms with Gasteiger partial charge in [0, 0.05) is 24.4 Å². The number of rotatable bonds is 13. The largest absolute Gasteiger partial charge is 0.490 e. The predicted octanol–water partition coefficient (Wildman–Crippen LogP) is 3.13. The molecule has 0 amide bonds. The summed E-state index contributed by atoms with van der Waals surface area (Å²) in [5.41, 5.74) is -0.192. The number of aromatic amines is 1. The monoisotopic (exact) mass is 433 g/mol. The molecule has 7 nitrogen and oxygen atoms in total. The van der Waals surface area contributed by atoms with Gasteiger partial charge in [0.15, 0.2) is 11.6 Å². The van der Waals surface area contributed by atoms with Crippen molar-refractivity contribution in [1.82, 2.24) is 14.9 Å². The molecule has 0 saturated heterocycles. The maximum Gasteiger partial charge on any atom is 0.330 e. The van der Waals surface area contributed by atoms with Gasteiger partial charge >= 0.3 is 5.69 Å². The molecule has 31 heavy (non-hydrogen) atoms. The molecule has 0 atom stereocenters. The van der Waals surface area contributed by atoms with Crippen molar-refractivity contribution in [3.05, 3.63) is 62.7 Å². The van der Waals surface area contributed by atoms with Gasteiger partial charge in [0.1, 0.15) is 6.73 Å². The van der Waals surface area contributed by atoms with Crippen LogP contribution in [0.1, 0.15) is 51.5 Å². The zero-order chi connectivity index (χ0) is 22.3. The van der Waals surface area contributed by atoms with Gasteiger partial charge in [0.25, 0.3) is 5.56 Å².